The molecule has 0 heterocycles. The summed E-state index contributed by atoms with van der Waals surface area (Å²) in [5, 5.41) is 10.3. The first-order chi connectivity index (χ1) is 9.81. The van der Waals surface area contributed by atoms with E-state index < -0.39 is 0 Å². The van der Waals surface area contributed by atoms with Crippen molar-refractivity contribution in [2.75, 3.05) is 0 Å². The smallest absolute Gasteiger partial charge is 0.119 e. The summed E-state index contributed by atoms with van der Waals surface area (Å²) in [7, 11) is 0. The van der Waals surface area contributed by atoms with E-state index in [0.29, 0.717) is 6.10 Å². The average Bonchev–Trinajstić information content (AvgIpc) is 3.31. The maximum Gasteiger partial charge on any atom is 0.119 e. The molecule has 1 unspecified atom stereocenters. The van der Waals surface area contributed by atoms with E-state index >= 15 is 0 Å². The monoisotopic (exact) mass is 274 g/mol. The maximum atomic E-state index is 10.3. The summed E-state index contributed by atoms with van der Waals surface area (Å²) in [6, 6.07) is 8.03. The Hall–Kier alpha value is -1.02. The van der Waals surface area contributed by atoms with Crippen molar-refractivity contribution in [3.63, 3.8) is 0 Å². The molecule has 1 N–H and O–H groups in total. The third-order valence-electron chi connectivity index (χ3n) is 4.67. The van der Waals surface area contributed by atoms with Crippen LogP contribution in [0.4, 0.5) is 0 Å². The molecule has 0 bridgehead atoms. The minimum atomic E-state index is -0.313. The van der Waals surface area contributed by atoms with Crippen molar-refractivity contribution >= 4 is 0 Å². The summed E-state index contributed by atoms with van der Waals surface area (Å²) in [4.78, 5) is 0. The molecule has 2 fully saturated rings. The lowest BCUT2D eigenvalue weighted by molar-refractivity contribution is 0.151. The van der Waals surface area contributed by atoms with Gasteiger partial charge >= 0.3 is 0 Å². The van der Waals surface area contributed by atoms with Gasteiger partial charge in [-0.3, -0.25) is 0 Å². The van der Waals surface area contributed by atoms with E-state index in [4.69, 9.17) is 4.74 Å². The number of ether oxygens (including phenoxy) is 1. The molecule has 3 rings (SSSR count). The summed E-state index contributed by atoms with van der Waals surface area (Å²) in [5.74, 6) is 1.78. The van der Waals surface area contributed by atoms with E-state index in [2.05, 4.69) is 0 Å². The molecule has 110 valence electrons. The van der Waals surface area contributed by atoms with Gasteiger partial charge in [0.05, 0.1) is 12.2 Å². The zero-order valence-electron chi connectivity index (χ0n) is 12.3. The molecule has 2 saturated carbocycles. The van der Waals surface area contributed by atoms with Crippen molar-refractivity contribution in [2.45, 2.75) is 70.0 Å². The molecule has 0 radical (unpaired) electrons. The van der Waals surface area contributed by atoms with Crippen molar-refractivity contribution in [1.29, 1.82) is 0 Å². The van der Waals surface area contributed by atoms with E-state index in [1.54, 1.807) is 0 Å². The largest absolute Gasteiger partial charge is 0.490 e. The highest BCUT2D eigenvalue weighted by atomic mass is 16.5. The summed E-state index contributed by atoms with van der Waals surface area (Å²) >= 11 is 0. The molecule has 20 heavy (non-hydrogen) atoms. The van der Waals surface area contributed by atoms with Gasteiger partial charge in [-0.15, -0.1) is 0 Å². The molecule has 0 aromatic heterocycles. The Labute approximate surface area is 122 Å². The van der Waals surface area contributed by atoms with E-state index in [1.165, 1.54) is 51.4 Å². The van der Waals surface area contributed by atoms with Gasteiger partial charge < -0.3 is 9.84 Å². The normalized spacial score (nSPS) is 21.6. The highest BCUT2D eigenvalue weighted by molar-refractivity contribution is 5.29. The van der Waals surface area contributed by atoms with Crippen molar-refractivity contribution in [2.24, 2.45) is 5.92 Å². The fourth-order valence-electron chi connectivity index (χ4n) is 3.18. The number of rotatable bonds is 6. The molecule has 1 atom stereocenters. The first-order valence-corrected chi connectivity index (χ1v) is 8.26. The van der Waals surface area contributed by atoms with Gasteiger partial charge in [0.2, 0.25) is 0 Å². The Balaban J connectivity index is 1.46. The lowest BCUT2D eigenvalue weighted by Gasteiger charge is -2.22. The van der Waals surface area contributed by atoms with Crippen molar-refractivity contribution in [3.8, 4) is 5.75 Å². The van der Waals surface area contributed by atoms with Crippen LogP contribution in [0.5, 0.6) is 5.75 Å². The summed E-state index contributed by atoms with van der Waals surface area (Å²) in [6.45, 7) is 0. The molecule has 2 heteroatoms. The van der Waals surface area contributed by atoms with E-state index in [9.17, 15) is 5.11 Å². The van der Waals surface area contributed by atoms with Crippen LogP contribution in [0.3, 0.4) is 0 Å². The van der Waals surface area contributed by atoms with Gasteiger partial charge in [-0.25, -0.2) is 0 Å². The molecule has 0 aliphatic heterocycles. The minimum Gasteiger partial charge on any atom is -0.490 e. The van der Waals surface area contributed by atoms with Gasteiger partial charge in [0.25, 0.3) is 0 Å². The molecular formula is C18H26O2. The molecule has 2 aliphatic rings. The summed E-state index contributed by atoms with van der Waals surface area (Å²) < 4.78 is 5.73. The molecule has 0 saturated heterocycles. The van der Waals surface area contributed by atoms with Crippen LogP contribution in [0.2, 0.25) is 0 Å². The second kappa shape index (κ2) is 6.62. The molecule has 1 aromatic carbocycles. The van der Waals surface area contributed by atoms with Gasteiger partial charge in [-0.2, -0.15) is 0 Å². The fourth-order valence-corrected chi connectivity index (χ4v) is 3.18. The molecule has 0 spiro atoms. The first kappa shape index (κ1) is 13.9. The minimum absolute atomic E-state index is 0.313. The maximum absolute atomic E-state index is 10.3. The molecule has 1 aromatic rings. The summed E-state index contributed by atoms with van der Waals surface area (Å²) in [5.41, 5.74) is 1.03. The average molecular weight is 274 g/mol. The standard InChI is InChI=1S/C18H26O2/c19-18(13-6-14-4-2-1-3-5-14)15-7-9-16(10-8-15)20-17-11-12-17/h7-10,14,17-19H,1-6,11-13H2. The third-order valence-corrected chi connectivity index (χ3v) is 4.67. The second-order valence-corrected chi connectivity index (χ2v) is 6.48. The second-order valence-electron chi connectivity index (χ2n) is 6.48. The Morgan fingerprint density at radius 2 is 1.70 bits per heavy atom. The first-order valence-electron chi connectivity index (χ1n) is 8.26. The van der Waals surface area contributed by atoms with Gasteiger partial charge in [-0.05, 0) is 49.3 Å². The molecular weight excluding hydrogens is 248 g/mol. The zero-order chi connectivity index (χ0) is 13.8. The predicted molar refractivity (Wildman–Crippen MR) is 80.9 cm³/mol. The Morgan fingerprint density at radius 3 is 2.35 bits per heavy atom. The number of hydrogen-bond donors (Lipinski definition) is 1. The van der Waals surface area contributed by atoms with Crippen LogP contribution in [-0.2, 0) is 0 Å². The molecule has 2 nitrogen and oxygen atoms in total. The van der Waals surface area contributed by atoms with Crippen LogP contribution in [0.1, 0.15) is 69.5 Å². The fraction of sp³-hybridized carbons (Fsp3) is 0.667. The predicted octanol–water partition coefficient (Wildman–Crippen LogP) is 4.62. The third kappa shape index (κ3) is 3.99. The number of aliphatic hydroxyl groups is 1. The van der Waals surface area contributed by atoms with Gasteiger partial charge in [0.1, 0.15) is 5.75 Å². The Bertz CT molecular complexity index is 402. The van der Waals surface area contributed by atoms with Crippen LogP contribution >= 0.6 is 0 Å². The molecule has 0 amide bonds. The molecule has 2 aliphatic carbocycles. The van der Waals surface area contributed by atoms with Gasteiger partial charge in [-0.1, -0.05) is 44.2 Å². The topological polar surface area (TPSA) is 29.5 Å². The Kier molecular flexibility index (Phi) is 4.62. The number of benzene rings is 1. The van der Waals surface area contributed by atoms with E-state index in [1.807, 2.05) is 24.3 Å². The highest BCUT2D eigenvalue weighted by Gasteiger charge is 2.23. The SMILES string of the molecule is OC(CCC1CCCCC1)c1ccc(OC2CC2)cc1. The lowest BCUT2D eigenvalue weighted by atomic mass is 9.85. The quantitative estimate of drug-likeness (QED) is 0.820. The van der Waals surface area contributed by atoms with Crippen LogP contribution in [0.25, 0.3) is 0 Å². The van der Waals surface area contributed by atoms with Crippen LogP contribution in [0, 0.1) is 5.92 Å². The van der Waals surface area contributed by atoms with Crippen LogP contribution < -0.4 is 4.74 Å². The van der Waals surface area contributed by atoms with E-state index in [-0.39, 0.29) is 6.10 Å². The van der Waals surface area contributed by atoms with Crippen LogP contribution in [-0.4, -0.2) is 11.2 Å². The van der Waals surface area contributed by atoms with Crippen molar-refractivity contribution in [3.05, 3.63) is 29.8 Å². The lowest BCUT2D eigenvalue weighted by Crippen LogP contribution is -2.08. The van der Waals surface area contributed by atoms with E-state index in [0.717, 1.165) is 23.7 Å². The van der Waals surface area contributed by atoms with Crippen molar-refractivity contribution < 1.29 is 9.84 Å². The Morgan fingerprint density at radius 1 is 1.00 bits per heavy atom. The highest BCUT2D eigenvalue weighted by Crippen LogP contribution is 2.31. The van der Waals surface area contributed by atoms with Gasteiger partial charge in [0, 0.05) is 0 Å². The number of hydrogen-bond acceptors (Lipinski definition) is 2. The van der Waals surface area contributed by atoms with Gasteiger partial charge in [0.15, 0.2) is 0 Å². The zero-order valence-corrected chi connectivity index (χ0v) is 12.3. The summed E-state index contributed by atoms with van der Waals surface area (Å²) in [6.07, 6.45) is 11.5. The van der Waals surface area contributed by atoms with Crippen LogP contribution in [0.15, 0.2) is 24.3 Å². The number of aliphatic hydroxyl groups excluding tert-OH is 1. The van der Waals surface area contributed by atoms with Crippen molar-refractivity contribution in [1.82, 2.24) is 0 Å².